The van der Waals surface area contributed by atoms with Crippen LogP contribution in [0.2, 0.25) is 0 Å². The maximum atomic E-state index is 13.5. The summed E-state index contributed by atoms with van der Waals surface area (Å²) in [5.74, 6) is -1.14. The summed E-state index contributed by atoms with van der Waals surface area (Å²) in [4.78, 5) is 9.95. The van der Waals surface area contributed by atoms with Crippen LogP contribution in [0.1, 0.15) is 0 Å². The van der Waals surface area contributed by atoms with E-state index in [0.717, 1.165) is 24.3 Å². The van der Waals surface area contributed by atoms with Gasteiger partial charge in [-0.05, 0) is 23.8 Å². The fourth-order valence-electron chi connectivity index (χ4n) is 1.50. The van der Waals surface area contributed by atoms with Crippen LogP contribution in [0.4, 0.5) is 14.5 Å². The average molecular weight is 235 g/mol. The van der Waals surface area contributed by atoms with Crippen molar-refractivity contribution in [2.45, 2.75) is 0 Å². The summed E-state index contributed by atoms with van der Waals surface area (Å²) in [6.07, 6.45) is 0. The summed E-state index contributed by atoms with van der Waals surface area (Å²) in [6, 6.07) is 8.41. The third kappa shape index (κ3) is 2.28. The molecule has 0 heterocycles. The van der Waals surface area contributed by atoms with Crippen molar-refractivity contribution in [2.24, 2.45) is 0 Å². The summed E-state index contributed by atoms with van der Waals surface area (Å²) in [7, 11) is 0. The maximum absolute atomic E-state index is 13.5. The number of halogens is 2. The van der Waals surface area contributed by atoms with Crippen molar-refractivity contribution in [3.63, 3.8) is 0 Å². The van der Waals surface area contributed by atoms with Gasteiger partial charge >= 0.3 is 0 Å². The number of hydrogen-bond donors (Lipinski definition) is 0. The Bertz CT molecular complexity index is 584. The van der Waals surface area contributed by atoms with Crippen LogP contribution in [-0.2, 0) is 0 Å². The SMILES string of the molecule is O=[N+]([O-])c1ccc(F)c(-c2cccc(F)c2)c1. The maximum Gasteiger partial charge on any atom is 0.270 e. The number of nitrogens with zero attached hydrogens (tertiary/aromatic N) is 1. The molecular formula is C12H7F2NO2. The molecule has 5 heteroatoms. The third-order valence-corrected chi connectivity index (χ3v) is 2.30. The van der Waals surface area contributed by atoms with Crippen molar-refractivity contribution in [3.8, 4) is 11.1 Å². The summed E-state index contributed by atoms with van der Waals surface area (Å²) in [5.41, 5.74) is 0.0514. The molecule has 2 aromatic rings. The molecule has 0 saturated carbocycles. The first-order valence-corrected chi connectivity index (χ1v) is 4.78. The molecule has 0 unspecified atom stereocenters. The quantitative estimate of drug-likeness (QED) is 0.590. The molecule has 0 saturated heterocycles. The molecule has 0 bridgehead atoms. The molecule has 86 valence electrons. The fraction of sp³-hybridized carbons (Fsp3) is 0. The van der Waals surface area contributed by atoms with Gasteiger partial charge < -0.3 is 0 Å². The van der Waals surface area contributed by atoms with Crippen molar-refractivity contribution < 1.29 is 13.7 Å². The number of rotatable bonds is 2. The third-order valence-electron chi connectivity index (χ3n) is 2.30. The van der Waals surface area contributed by atoms with Crippen LogP contribution >= 0.6 is 0 Å². The van der Waals surface area contributed by atoms with Gasteiger partial charge in [0.1, 0.15) is 11.6 Å². The lowest BCUT2D eigenvalue weighted by atomic mass is 10.0. The molecule has 0 aromatic heterocycles. The van der Waals surface area contributed by atoms with E-state index in [-0.39, 0.29) is 16.8 Å². The highest BCUT2D eigenvalue weighted by Gasteiger charge is 2.12. The van der Waals surface area contributed by atoms with E-state index < -0.39 is 16.6 Å². The van der Waals surface area contributed by atoms with Gasteiger partial charge in [0.25, 0.3) is 5.69 Å². The molecule has 0 amide bonds. The Morgan fingerprint density at radius 1 is 1.06 bits per heavy atom. The second-order valence-corrected chi connectivity index (χ2v) is 3.43. The lowest BCUT2D eigenvalue weighted by Crippen LogP contribution is -1.91. The number of benzene rings is 2. The second-order valence-electron chi connectivity index (χ2n) is 3.43. The summed E-state index contributed by atoms with van der Waals surface area (Å²) in [5, 5.41) is 10.6. The van der Waals surface area contributed by atoms with E-state index in [4.69, 9.17) is 0 Å². The van der Waals surface area contributed by atoms with Crippen LogP contribution in [0, 0.1) is 21.7 Å². The second kappa shape index (κ2) is 4.29. The fourth-order valence-corrected chi connectivity index (χ4v) is 1.50. The van der Waals surface area contributed by atoms with Gasteiger partial charge in [-0.2, -0.15) is 0 Å². The minimum atomic E-state index is -0.624. The number of hydrogen-bond acceptors (Lipinski definition) is 2. The highest BCUT2D eigenvalue weighted by molar-refractivity contribution is 5.66. The first kappa shape index (κ1) is 11.2. The zero-order chi connectivity index (χ0) is 12.4. The van der Waals surface area contributed by atoms with Crippen molar-refractivity contribution in [2.75, 3.05) is 0 Å². The minimum absolute atomic E-state index is 0.0127. The van der Waals surface area contributed by atoms with Gasteiger partial charge in [-0.1, -0.05) is 12.1 Å². The Hall–Kier alpha value is -2.30. The Morgan fingerprint density at radius 3 is 2.47 bits per heavy atom. The topological polar surface area (TPSA) is 43.1 Å². The number of nitro groups is 1. The molecule has 0 spiro atoms. The van der Waals surface area contributed by atoms with Gasteiger partial charge in [0, 0.05) is 17.7 Å². The Kier molecular flexibility index (Phi) is 2.82. The normalized spacial score (nSPS) is 10.2. The van der Waals surface area contributed by atoms with Gasteiger partial charge in [0.15, 0.2) is 0 Å². The van der Waals surface area contributed by atoms with Crippen LogP contribution in [0.15, 0.2) is 42.5 Å². The molecule has 0 radical (unpaired) electrons. The van der Waals surface area contributed by atoms with Crippen LogP contribution in [0.25, 0.3) is 11.1 Å². The summed E-state index contributed by atoms with van der Waals surface area (Å²) >= 11 is 0. The largest absolute Gasteiger partial charge is 0.270 e. The van der Waals surface area contributed by atoms with Crippen molar-refractivity contribution in [3.05, 3.63) is 64.2 Å². The predicted molar refractivity (Wildman–Crippen MR) is 58.4 cm³/mol. The van der Waals surface area contributed by atoms with Gasteiger partial charge in [-0.15, -0.1) is 0 Å². The molecule has 0 fully saturated rings. The zero-order valence-corrected chi connectivity index (χ0v) is 8.56. The number of non-ortho nitro benzene ring substituents is 1. The molecule has 3 nitrogen and oxygen atoms in total. The zero-order valence-electron chi connectivity index (χ0n) is 8.56. The molecule has 2 aromatic carbocycles. The smallest absolute Gasteiger partial charge is 0.258 e. The summed E-state index contributed by atoms with van der Waals surface area (Å²) in [6.45, 7) is 0. The monoisotopic (exact) mass is 235 g/mol. The van der Waals surface area contributed by atoms with E-state index in [1.165, 1.54) is 18.2 Å². The Morgan fingerprint density at radius 2 is 1.82 bits per heavy atom. The predicted octanol–water partition coefficient (Wildman–Crippen LogP) is 3.54. The number of nitro benzene ring substituents is 1. The first-order chi connectivity index (χ1) is 8.08. The highest BCUT2D eigenvalue weighted by atomic mass is 19.1. The Balaban J connectivity index is 2.58. The van der Waals surface area contributed by atoms with E-state index in [1.807, 2.05) is 0 Å². The minimum Gasteiger partial charge on any atom is -0.258 e. The Labute approximate surface area is 95.5 Å². The molecular weight excluding hydrogens is 228 g/mol. The van der Waals surface area contributed by atoms with E-state index in [0.29, 0.717) is 0 Å². The van der Waals surface area contributed by atoms with Gasteiger partial charge in [-0.3, -0.25) is 10.1 Å². The van der Waals surface area contributed by atoms with Crippen molar-refractivity contribution >= 4 is 5.69 Å². The van der Waals surface area contributed by atoms with Crippen LogP contribution < -0.4 is 0 Å². The van der Waals surface area contributed by atoms with E-state index in [1.54, 1.807) is 0 Å². The van der Waals surface area contributed by atoms with Gasteiger partial charge in [0.2, 0.25) is 0 Å². The van der Waals surface area contributed by atoms with Crippen molar-refractivity contribution in [1.29, 1.82) is 0 Å². The van der Waals surface area contributed by atoms with E-state index in [9.17, 15) is 18.9 Å². The van der Waals surface area contributed by atoms with E-state index in [2.05, 4.69) is 0 Å². The molecule has 0 aliphatic rings. The van der Waals surface area contributed by atoms with Crippen LogP contribution in [0.3, 0.4) is 0 Å². The highest BCUT2D eigenvalue weighted by Crippen LogP contribution is 2.27. The summed E-state index contributed by atoms with van der Waals surface area (Å²) < 4.78 is 26.5. The first-order valence-electron chi connectivity index (χ1n) is 4.78. The molecule has 17 heavy (non-hydrogen) atoms. The molecule has 0 N–H and O–H groups in total. The molecule has 0 atom stereocenters. The van der Waals surface area contributed by atoms with Crippen LogP contribution in [-0.4, -0.2) is 4.92 Å². The molecule has 2 rings (SSSR count). The van der Waals surface area contributed by atoms with Gasteiger partial charge in [-0.25, -0.2) is 8.78 Å². The lowest BCUT2D eigenvalue weighted by molar-refractivity contribution is -0.384. The average Bonchev–Trinajstić information content (AvgIpc) is 2.29. The molecule has 0 aliphatic carbocycles. The van der Waals surface area contributed by atoms with Gasteiger partial charge in [0.05, 0.1) is 4.92 Å². The standard InChI is InChI=1S/C12H7F2NO2/c13-9-3-1-2-8(6-9)11-7-10(15(16)17)4-5-12(11)14/h1-7H. The molecule has 0 aliphatic heterocycles. The van der Waals surface area contributed by atoms with Crippen molar-refractivity contribution in [1.82, 2.24) is 0 Å². The van der Waals surface area contributed by atoms with E-state index >= 15 is 0 Å². The lowest BCUT2D eigenvalue weighted by Gasteiger charge is -2.03. The van der Waals surface area contributed by atoms with Crippen LogP contribution in [0.5, 0.6) is 0 Å².